The number of amides is 1. The van der Waals surface area contributed by atoms with Gasteiger partial charge >= 0.3 is 5.97 Å². The van der Waals surface area contributed by atoms with Crippen LogP contribution in [-0.2, 0) is 9.59 Å². The highest BCUT2D eigenvalue weighted by atomic mass is 16.4. The van der Waals surface area contributed by atoms with Gasteiger partial charge in [0, 0.05) is 17.3 Å². The first-order chi connectivity index (χ1) is 11.0. The Labute approximate surface area is 134 Å². The maximum absolute atomic E-state index is 12.7. The lowest BCUT2D eigenvalue weighted by molar-refractivity contribution is -0.156. The standard InChI is InChI=1S/C18H20N2O3/c1-12-6-8-18(9-7-12,17(22)23)16(21)20-14-4-5-15-13(11-14)3-2-10-19-15/h2-5,10-12H,6-9H2,1H3,(H,20,21)(H,22,23). The number of pyridine rings is 1. The molecule has 1 fully saturated rings. The Kier molecular flexibility index (Phi) is 4.03. The van der Waals surface area contributed by atoms with Crippen molar-refractivity contribution in [3.63, 3.8) is 0 Å². The largest absolute Gasteiger partial charge is 0.480 e. The topological polar surface area (TPSA) is 79.3 Å². The molecule has 0 atom stereocenters. The Hall–Kier alpha value is -2.43. The summed E-state index contributed by atoms with van der Waals surface area (Å²) >= 11 is 0. The maximum atomic E-state index is 12.7. The number of hydrogen-bond acceptors (Lipinski definition) is 3. The van der Waals surface area contributed by atoms with E-state index in [4.69, 9.17) is 0 Å². The zero-order valence-corrected chi connectivity index (χ0v) is 13.1. The van der Waals surface area contributed by atoms with Gasteiger partial charge in [0.1, 0.15) is 5.41 Å². The van der Waals surface area contributed by atoms with Gasteiger partial charge in [0.05, 0.1) is 5.52 Å². The van der Waals surface area contributed by atoms with Crippen LogP contribution in [0.25, 0.3) is 10.9 Å². The van der Waals surface area contributed by atoms with Gasteiger partial charge in [-0.25, -0.2) is 0 Å². The van der Waals surface area contributed by atoms with Gasteiger partial charge in [-0.1, -0.05) is 13.0 Å². The zero-order valence-electron chi connectivity index (χ0n) is 13.1. The van der Waals surface area contributed by atoms with Gasteiger partial charge in [0.15, 0.2) is 0 Å². The van der Waals surface area contributed by atoms with E-state index < -0.39 is 17.3 Å². The van der Waals surface area contributed by atoms with Crippen LogP contribution in [-0.4, -0.2) is 22.0 Å². The highest BCUT2D eigenvalue weighted by Gasteiger charge is 2.47. The molecule has 120 valence electrons. The van der Waals surface area contributed by atoms with E-state index >= 15 is 0 Å². The average Bonchev–Trinajstić information content (AvgIpc) is 2.55. The number of benzene rings is 1. The summed E-state index contributed by atoms with van der Waals surface area (Å²) in [5.41, 5.74) is 0.135. The van der Waals surface area contributed by atoms with Gasteiger partial charge in [-0.05, 0) is 55.9 Å². The predicted molar refractivity (Wildman–Crippen MR) is 88.1 cm³/mol. The fourth-order valence-corrected chi connectivity index (χ4v) is 3.20. The third-order valence-corrected chi connectivity index (χ3v) is 4.83. The molecule has 1 aromatic heterocycles. The van der Waals surface area contributed by atoms with Gasteiger partial charge in [0.2, 0.25) is 5.91 Å². The molecule has 5 heteroatoms. The van der Waals surface area contributed by atoms with Crippen molar-refractivity contribution in [3.05, 3.63) is 36.5 Å². The van der Waals surface area contributed by atoms with E-state index in [9.17, 15) is 14.7 Å². The number of carbonyl (C=O) groups excluding carboxylic acids is 1. The smallest absolute Gasteiger partial charge is 0.319 e. The highest BCUT2D eigenvalue weighted by Crippen LogP contribution is 2.40. The maximum Gasteiger partial charge on any atom is 0.319 e. The number of carboxylic acid groups (broad SMARTS) is 1. The van der Waals surface area contributed by atoms with Crippen molar-refractivity contribution < 1.29 is 14.7 Å². The molecule has 0 aliphatic heterocycles. The monoisotopic (exact) mass is 312 g/mol. The molecule has 0 saturated heterocycles. The zero-order chi connectivity index (χ0) is 16.4. The number of fused-ring (bicyclic) bond motifs is 1. The summed E-state index contributed by atoms with van der Waals surface area (Å²) in [6, 6.07) is 9.14. The van der Waals surface area contributed by atoms with Crippen LogP contribution in [0.3, 0.4) is 0 Å². The lowest BCUT2D eigenvalue weighted by Crippen LogP contribution is -2.45. The van der Waals surface area contributed by atoms with E-state index in [1.54, 1.807) is 12.3 Å². The number of nitrogens with zero attached hydrogens (tertiary/aromatic N) is 1. The molecule has 1 aliphatic rings. The molecule has 0 unspecified atom stereocenters. The fraction of sp³-hybridized carbons (Fsp3) is 0.389. The molecule has 1 aromatic carbocycles. The predicted octanol–water partition coefficient (Wildman–Crippen LogP) is 3.45. The molecule has 0 bridgehead atoms. The van der Waals surface area contributed by atoms with E-state index in [0.717, 1.165) is 23.7 Å². The van der Waals surface area contributed by atoms with Crippen molar-refractivity contribution in [2.75, 3.05) is 5.32 Å². The van der Waals surface area contributed by atoms with Crippen LogP contribution in [0, 0.1) is 11.3 Å². The second-order valence-corrected chi connectivity index (χ2v) is 6.43. The van der Waals surface area contributed by atoms with Crippen molar-refractivity contribution >= 4 is 28.5 Å². The Balaban J connectivity index is 1.84. The molecule has 3 rings (SSSR count). The molecular formula is C18H20N2O3. The van der Waals surface area contributed by atoms with Crippen molar-refractivity contribution in [3.8, 4) is 0 Å². The quantitative estimate of drug-likeness (QED) is 0.851. The normalized spacial score (nSPS) is 24.3. The summed E-state index contributed by atoms with van der Waals surface area (Å²) in [5, 5.41) is 13.3. The molecule has 0 radical (unpaired) electrons. The van der Waals surface area contributed by atoms with E-state index in [0.29, 0.717) is 24.4 Å². The van der Waals surface area contributed by atoms with Crippen molar-refractivity contribution in [2.45, 2.75) is 32.6 Å². The minimum Gasteiger partial charge on any atom is -0.480 e. The first-order valence-electron chi connectivity index (χ1n) is 7.91. The summed E-state index contributed by atoms with van der Waals surface area (Å²) < 4.78 is 0. The summed E-state index contributed by atoms with van der Waals surface area (Å²) in [5.74, 6) is -0.966. The van der Waals surface area contributed by atoms with E-state index in [1.165, 1.54) is 0 Å². The minimum absolute atomic E-state index is 0.393. The molecule has 2 aromatic rings. The fourth-order valence-electron chi connectivity index (χ4n) is 3.20. The number of rotatable bonds is 3. The number of hydrogen-bond donors (Lipinski definition) is 2. The van der Waals surface area contributed by atoms with Gasteiger partial charge in [0.25, 0.3) is 0 Å². The van der Waals surface area contributed by atoms with Crippen molar-refractivity contribution in [1.29, 1.82) is 0 Å². The van der Waals surface area contributed by atoms with Crippen LogP contribution in [0.4, 0.5) is 5.69 Å². The second kappa shape index (κ2) is 5.99. The number of anilines is 1. The van der Waals surface area contributed by atoms with Crippen molar-refractivity contribution in [1.82, 2.24) is 4.98 Å². The summed E-state index contributed by atoms with van der Waals surface area (Å²) in [4.78, 5) is 28.7. The van der Waals surface area contributed by atoms with Crippen LogP contribution in [0.2, 0.25) is 0 Å². The molecule has 0 spiro atoms. The van der Waals surface area contributed by atoms with Crippen molar-refractivity contribution in [2.24, 2.45) is 11.3 Å². The van der Waals surface area contributed by atoms with Gasteiger partial charge < -0.3 is 10.4 Å². The third-order valence-electron chi connectivity index (χ3n) is 4.83. The van der Waals surface area contributed by atoms with Gasteiger partial charge in [-0.3, -0.25) is 14.6 Å². The first-order valence-corrected chi connectivity index (χ1v) is 7.91. The Morgan fingerprint density at radius 2 is 2.00 bits per heavy atom. The van der Waals surface area contributed by atoms with Crippen LogP contribution >= 0.6 is 0 Å². The molecule has 1 aliphatic carbocycles. The van der Waals surface area contributed by atoms with Gasteiger partial charge in [-0.2, -0.15) is 0 Å². The molecule has 1 heterocycles. The summed E-state index contributed by atoms with van der Waals surface area (Å²) in [7, 11) is 0. The van der Waals surface area contributed by atoms with Crippen LogP contribution in [0.1, 0.15) is 32.6 Å². The SMILES string of the molecule is CC1CCC(C(=O)O)(C(=O)Nc2ccc3ncccc3c2)CC1. The Morgan fingerprint density at radius 1 is 1.26 bits per heavy atom. The molecule has 1 amide bonds. The summed E-state index contributed by atoms with van der Waals surface area (Å²) in [6.07, 6.45) is 4.03. The van der Waals surface area contributed by atoms with E-state index in [1.807, 2.05) is 24.3 Å². The average molecular weight is 312 g/mol. The summed E-state index contributed by atoms with van der Waals surface area (Å²) in [6.45, 7) is 2.10. The second-order valence-electron chi connectivity index (χ2n) is 6.43. The van der Waals surface area contributed by atoms with Gasteiger partial charge in [-0.15, -0.1) is 0 Å². The first kappa shape index (κ1) is 15.5. The van der Waals surface area contributed by atoms with Crippen LogP contribution in [0.15, 0.2) is 36.5 Å². The lowest BCUT2D eigenvalue weighted by atomic mass is 9.70. The molecular weight excluding hydrogens is 292 g/mol. The number of carboxylic acids is 1. The van der Waals surface area contributed by atoms with E-state index in [-0.39, 0.29) is 0 Å². The minimum atomic E-state index is -1.31. The number of aliphatic carboxylic acids is 1. The molecule has 2 N–H and O–H groups in total. The van der Waals surface area contributed by atoms with E-state index in [2.05, 4.69) is 17.2 Å². The molecule has 23 heavy (non-hydrogen) atoms. The Morgan fingerprint density at radius 3 is 2.70 bits per heavy atom. The number of aromatic nitrogens is 1. The molecule has 1 saturated carbocycles. The number of nitrogens with one attached hydrogen (secondary N) is 1. The van der Waals surface area contributed by atoms with Crippen LogP contribution < -0.4 is 5.32 Å². The van der Waals surface area contributed by atoms with Crippen LogP contribution in [0.5, 0.6) is 0 Å². The third kappa shape index (κ3) is 2.91. The molecule has 5 nitrogen and oxygen atoms in total. The lowest BCUT2D eigenvalue weighted by Gasteiger charge is -2.34. The Bertz CT molecular complexity index is 749. The highest BCUT2D eigenvalue weighted by molar-refractivity contribution is 6.08. The number of carbonyl (C=O) groups is 2.